The molecule has 2 aromatic heterocycles. The molecule has 7 heteroatoms. The molecule has 3 rings (SSSR count). The first kappa shape index (κ1) is 18.1. The lowest BCUT2D eigenvalue weighted by Gasteiger charge is -2.12. The number of hydrogen-bond acceptors (Lipinski definition) is 6. The Morgan fingerprint density at radius 3 is 2.46 bits per heavy atom. The lowest BCUT2D eigenvalue weighted by molar-refractivity contribution is -0.113. The molecule has 26 heavy (non-hydrogen) atoms. The summed E-state index contributed by atoms with van der Waals surface area (Å²) in [6.45, 7) is 7.82. The Kier molecular flexibility index (Phi) is 5.37. The number of amides is 1. The maximum atomic E-state index is 12.3. The zero-order valence-electron chi connectivity index (χ0n) is 15.2. The summed E-state index contributed by atoms with van der Waals surface area (Å²) in [5.41, 5.74) is 4.96. The molecule has 1 aromatic carbocycles. The molecule has 0 atom stereocenters. The second-order valence-electron chi connectivity index (χ2n) is 6.14. The SMILES string of the molecule is Cc1cc(C)c(NC(=O)CSc2ccc(-c3nc(C)no3)cn2)c(C)c1. The van der Waals surface area contributed by atoms with E-state index in [2.05, 4.69) is 32.6 Å². The molecule has 3 aromatic rings. The van der Waals surface area contributed by atoms with Gasteiger partial charge in [-0.15, -0.1) is 0 Å². The minimum Gasteiger partial charge on any atom is -0.334 e. The number of hydrogen-bond donors (Lipinski definition) is 1. The van der Waals surface area contributed by atoms with Gasteiger partial charge in [0.15, 0.2) is 5.82 Å². The van der Waals surface area contributed by atoms with Crippen LogP contribution in [0.4, 0.5) is 5.69 Å². The number of rotatable bonds is 5. The number of pyridine rings is 1. The fourth-order valence-electron chi connectivity index (χ4n) is 2.70. The van der Waals surface area contributed by atoms with Crippen LogP contribution in [0, 0.1) is 27.7 Å². The van der Waals surface area contributed by atoms with E-state index in [0.717, 1.165) is 27.4 Å². The van der Waals surface area contributed by atoms with Gasteiger partial charge in [-0.3, -0.25) is 4.79 Å². The van der Waals surface area contributed by atoms with E-state index in [1.54, 1.807) is 13.1 Å². The van der Waals surface area contributed by atoms with E-state index in [9.17, 15) is 4.79 Å². The molecule has 0 aliphatic rings. The van der Waals surface area contributed by atoms with Gasteiger partial charge in [-0.25, -0.2) is 4.98 Å². The summed E-state index contributed by atoms with van der Waals surface area (Å²) in [6, 6.07) is 7.83. The third-order valence-electron chi connectivity index (χ3n) is 3.80. The zero-order chi connectivity index (χ0) is 18.7. The molecule has 0 spiro atoms. The van der Waals surface area contributed by atoms with Crippen LogP contribution in [0.1, 0.15) is 22.5 Å². The van der Waals surface area contributed by atoms with Crippen LogP contribution in [0.3, 0.4) is 0 Å². The summed E-state index contributed by atoms with van der Waals surface area (Å²) < 4.78 is 5.11. The van der Waals surface area contributed by atoms with Gasteiger partial charge in [0, 0.05) is 11.9 Å². The van der Waals surface area contributed by atoms with Gasteiger partial charge in [-0.1, -0.05) is 34.6 Å². The quantitative estimate of drug-likeness (QED) is 0.683. The Hall–Kier alpha value is -2.67. The highest BCUT2D eigenvalue weighted by molar-refractivity contribution is 7.99. The fourth-order valence-corrected chi connectivity index (χ4v) is 3.34. The lowest BCUT2D eigenvalue weighted by Crippen LogP contribution is -2.16. The van der Waals surface area contributed by atoms with E-state index >= 15 is 0 Å². The number of carbonyl (C=O) groups excluding carboxylic acids is 1. The highest BCUT2D eigenvalue weighted by atomic mass is 32.2. The van der Waals surface area contributed by atoms with Crippen molar-refractivity contribution in [3.8, 4) is 11.5 Å². The average molecular weight is 368 g/mol. The van der Waals surface area contributed by atoms with Crippen molar-refractivity contribution in [1.82, 2.24) is 15.1 Å². The second-order valence-corrected chi connectivity index (χ2v) is 7.14. The van der Waals surface area contributed by atoms with Crippen molar-refractivity contribution in [2.45, 2.75) is 32.7 Å². The number of nitrogens with one attached hydrogen (secondary N) is 1. The molecule has 6 nitrogen and oxygen atoms in total. The van der Waals surface area contributed by atoms with Gasteiger partial charge in [0.25, 0.3) is 5.89 Å². The monoisotopic (exact) mass is 368 g/mol. The maximum absolute atomic E-state index is 12.3. The first-order valence-electron chi connectivity index (χ1n) is 8.19. The predicted molar refractivity (Wildman–Crippen MR) is 102 cm³/mol. The Morgan fingerprint density at radius 2 is 1.88 bits per heavy atom. The molecule has 2 heterocycles. The number of aryl methyl sites for hydroxylation is 4. The number of thioether (sulfide) groups is 1. The Labute approximate surface area is 156 Å². The average Bonchev–Trinajstić information content (AvgIpc) is 3.03. The summed E-state index contributed by atoms with van der Waals surface area (Å²) in [5, 5.41) is 7.52. The van der Waals surface area contributed by atoms with Crippen molar-refractivity contribution >= 4 is 23.4 Å². The molecule has 0 bridgehead atoms. The van der Waals surface area contributed by atoms with E-state index in [-0.39, 0.29) is 5.91 Å². The van der Waals surface area contributed by atoms with Crippen LogP contribution in [0.5, 0.6) is 0 Å². The third kappa shape index (κ3) is 4.29. The Morgan fingerprint density at radius 1 is 1.15 bits per heavy atom. The summed E-state index contributed by atoms with van der Waals surface area (Å²) >= 11 is 1.38. The first-order chi connectivity index (χ1) is 12.4. The minimum absolute atomic E-state index is 0.0524. The number of anilines is 1. The lowest BCUT2D eigenvalue weighted by atomic mass is 10.1. The van der Waals surface area contributed by atoms with E-state index < -0.39 is 0 Å². The van der Waals surface area contributed by atoms with Crippen molar-refractivity contribution in [3.05, 3.63) is 53.0 Å². The Bertz CT molecular complexity index is 912. The molecule has 0 unspecified atom stereocenters. The molecule has 1 amide bonds. The van der Waals surface area contributed by atoms with Gasteiger partial charge in [-0.2, -0.15) is 4.98 Å². The first-order valence-corrected chi connectivity index (χ1v) is 9.18. The van der Waals surface area contributed by atoms with Crippen LogP contribution in [0.15, 0.2) is 40.0 Å². The summed E-state index contributed by atoms with van der Waals surface area (Å²) in [6.07, 6.45) is 1.67. The van der Waals surface area contributed by atoms with Gasteiger partial charge in [-0.05, 0) is 51.0 Å². The van der Waals surface area contributed by atoms with Crippen LogP contribution >= 0.6 is 11.8 Å². The van der Waals surface area contributed by atoms with Gasteiger partial charge in [0.1, 0.15) is 0 Å². The molecule has 0 fully saturated rings. The van der Waals surface area contributed by atoms with Crippen LogP contribution in [0.2, 0.25) is 0 Å². The maximum Gasteiger partial charge on any atom is 0.259 e. The van der Waals surface area contributed by atoms with Crippen molar-refractivity contribution in [3.63, 3.8) is 0 Å². The van der Waals surface area contributed by atoms with E-state index in [4.69, 9.17) is 4.52 Å². The summed E-state index contributed by atoms with van der Waals surface area (Å²) in [7, 11) is 0. The highest BCUT2D eigenvalue weighted by Crippen LogP contribution is 2.24. The molecular weight excluding hydrogens is 348 g/mol. The van der Waals surface area contributed by atoms with Crippen molar-refractivity contribution in [2.75, 3.05) is 11.1 Å². The van der Waals surface area contributed by atoms with Crippen molar-refractivity contribution in [1.29, 1.82) is 0 Å². The molecule has 0 saturated heterocycles. The number of nitrogens with zero attached hydrogens (tertiary/aromatic N) is 3. The van der Waals surface area contributed by atoms with E-state index in [1.165, 1.54) is 17.3 Å². The molecular formula is C19H20N4O2S. The number of aromatic nitrogens is 3. The predicted octanol–water partition coefficient (Wildman–Crippen LogP) is 4.10. The normalized spacial score (nSPS) is 10.8. The second kappa shape index (κ2) is 7.70. The standard InChI is InChI=1S/C19H20N4O2S/c1-11-7-12(2)18(13(3)8-11)22-16(24)10-26-17-6-5-15(9-20-17)19-21-14(4)23-25-19/h5-9H,10H2,1-4H3,(H,22,24). The highest BCUT2D eigenvalue weighted by Gasteiger charge is 2.10. The smallest absolute Gasteiger partial charge is 0.259 e. The van der Waals surface area contributed by atoms with Crippen LogP contribution in [-0.4, -0.2) is 26.8 Å². The summed E-state index contributed by atoms with van der Waals surface area (Å²) in [4.78, 5) is 20.8. The molecule has 0 aliphatic carbocycles. The summed E-state index contributed by atoms with van der Waals surface area (Å²) in [5.74, 6) is 1.26. The van der Waals surface area contributed by atoms with Crippen LogP contribution in [0.25, 0.3) is 11.5 Å². The largest absolute Gasteiger partial charge is 0.334 e. The van der Waals surface area contributed by atoms with Gasteiger partial charge < -0.3 is 9.84 Å². The topological polar surface area (TPSA) is 80.9 Å². The van der Waals surface area contributed by atoms with E-state index in [1.807, 2.05) is 32.9 Å². The molecule has 134 valence electrons. The van der Waals surface area contributed by atoms with Gasteiger partial charge >= 0.3 is 0 Å². The van der Waals surface area contributed by atoms with Crippen LogP contribution < -0.4 is 5.32 Å². The van der Waals surface area contributed by atoms with Gasteiger partial charge in [0.05, 0.1) is 16.3 Å². The third-order valence-corrected chi connectivity index (χ3v) is 4.75. The number of benzene rings is 1. The number of carbonyl (C=O) groups is 1. The molecule has 0 radical (unpaired) electrons. The molecule has 0 saturated carbocycles. The molecule has 0 aliphatic heterocycles. The minimum atomic E-state index is -0.0524. The van der Waals surface area contributed by atoms with E-state index in [0.29, 0.717) is 17.5 Å². The van der Waals surface area contributed by atoms with Crippen molar-refractivity contribution < 1.29 is 9.32 Å². The zero-order valence-corrected chi connectivity index (χ0v) is 16.0. The molecule has 1 N–H and O–H groups in total. The van der Waals surface area contributed by atoms with Crippen molar-refractivity contribution in [2.24, 2.45) is 0 Å². The Balaban J connectivity index is 1.60. The van der Waals surface area contributed by atoms with Gasteiger partial charge in [0.2, 0.25) is 5.91 Å². The van der Waals surface area contributed by atoms with Crippen LogP contribution in [-0.2, 0) is 4.79 Å². The fraction of sp³-hybridized carbons (Fsp3) is 0.263.